The molecule has 0 amide bonds. The van der Waals surface area contributed by atoms with Gasteiger partial charge in [0.2, 0.25) is 0 Å². The molecule has 6 rings (SSSR count). The van der Waals surface area contributed by atoms with Crippen molar-refractivity contribution >= 4 is 52.6 Å². The van der Waals surface area contributed by atoms with Gasteiger partial charge in [-0.1, -0.05) is 163 Å². The van der Waals surface area contributed by atoms with Crippen molar-refractivity contribution in [2.24, 2.45) is 14.0 Å². The molecule has 0 unspecified atom stereocenters. The average molecular weight is 548 g/mol. The maximum atomic E-state index is 5.89. The van der Waals surface area contributed by atoms with Gasteiger partial charge in [0.1, 0.15) is 14.4 Å². The minimum atomic E-state index is -2.58. The highest BCUT2D eigenvalue weighted by Gasteiger charge is 2.36. The zero-order chi connectivity index (χ0) is 25.7. The molecule has 0 bridgehead atoms. The van der Waals surface area contributed by atoms with Crippen molar-refractivity contribution in [2.75, 3.05) is 0 Å². The molecule has 6 heteroatoms. The van der Waals surface area contributed by atoms with Crippen LogP contribution in [0.25, 0.3) is 0 Å². The van der Waals surface area contributed by atoms with E-state index >= 15 is 0 Å². The van der Waals surface area contributed by atoms with Crippen molar-refractivity contribution in [1.29, 1.82) is 0 Å². The lowest BCUT2D eigenvalue weighted by Gasteiger charge is -2.32. The second-order valence-electron chi connectivity index (χ2n) is 8.89. The van der Waals surface area contributed by atoms with Gasteiger partial charge in [0.15, 0.2) is 5.17 Å². The molecule has 0 saturated carbocycles. The van der Waals surface area contributed by atoms with E-state index in [0.29, 0.717) is 0 Å². The van der Waals surface area contributed by atoms with Crippen molar-refractivity contribution in [1.82, 2.24) is 0 Å². The molecule has 3 nitrogen and oxygen atoms in total. The lowest BCUT2D eigenvalue weighted by Crippen LogP contribution is -2.22. The Labute approximate surface area is 228 Å². The summed E-state index contributed by atoms with van der Waals surface area (Å²) in [5.74, 6) is 0.802. The zero-order valence-electron chi connectivity index (χ0n) is 20.8. The van der Waals surface area contributed by atoms with Crippen LogP contribution < -0.4 is 21.2 Å². The number of hydrogen-bond acceptors (Lipinski definition) is 4. The number of benzene rings is 5. The molecule has 186 valence electrons. The molecule has 38 heavy (non-hydrogen) atoms. The summed E-state index contributed by atoms with van der Waals surface area (Å²) in [5.41, 5.74) is 1.25. The summed E-state index contributed by atoms with van der Waals surface area (Å²) in [6.45, 7) is 0. The van der Waals surface area contributed by atoms with Gasteiger partial charge in [-0.05, 0) is 5.56 Å². The molecule has 0 atom stereocenters. The number of thioether (sulfide) groups is 1. The lowest BCUT2D eigenvalue weighted by molar-refractivity contribution is 1.42. The smallest absolute Gasteiger partial charge is 0.189 e. The topological polar surface area (TPSA) is 37.1 Å². The minimum absolute atomic E-state index is 0.802. The van der Waals surface area contributed by atoms with Crippen molar-refractivity contribution < 1.29 is 0 Å². The number of amidine groups is 1. The highest BCUT2D eigenvalue weighted by Crippen LogP contribution is 2.65. The van der Waals surface area contributed by atoms with E-state index in [4.69, 9.17) is 14.0 Å². The van der Waals surface area contributed by atoms with E-state index < -0.39 is 14.4 Å². The van der Waals surface area contributed by atoms with E-state index in [1.807, 2.05) is 0 Å². The maximum Gasteiger partial charge on any atom is 0.189 e. The molecule has 1 aliphatic heterocycles. The van der Waals surface area contributed by atoms with Crippen LogP contribution in [0.2, 0.25) is 0 Å². The van der Waals surface area contributed by atoms with E-state index in [9.17, 15) is 0 Å². The monoisotopic (exact) mass is 547 g/mol. The average Bonchev–Trinajstić information content (AvgIpc) is 3.02. The van der Waals surface area contributed by atoms with Gasteiger partial charge in [0.05, 0.1) is 0 Å². The van der Waals surface area contributed by atoms with Gasteiger partial charge in [-0.2, -0.15) is 0 Å². The Bertz CT molecular complexity index is 1490. The zero-order valence-corrected chi connectivity index (χ0v) is 23.4. The molecular weight excluding hydrogens is 520 g/mol. The van der Waals surface area contributed by atoms with Crippen LogP contribution in [0.15, 0.2) is 166 Å². The van der Waals surface area contributed by atoms with Crippen molar-refractivity contribution in [3.8, 4) is 0 Å². The third-order valence-corrected chi connectivity index (χ3v) is 14.7. The van der Waals surface area contributed by atoms with E-state index in [2.05, 4.69) is 152 Å². The summed E-state index contributed by atoms with van der Waals surface area (Å²) >= 11 is 1.71. The van der Waals surface area contributed by atoms with Crippen LogP contribution in [0.3, 0.4) is 0 Å². The first kappa shape index (κ1) is 24.9. The van der Waals surface area contributed by atoms with Crippen LogP contribution in [0.4, 0.5) is 0 Å². The number of hydrogen-bond donors (Lipinski definition) is 0. The van der Waals surface area contributed by atoms with E-state index in [1.165, 1.54) is 5.56 Å². The summed E-state index contributed by atoms with van der Waals surface area (Å²) in [6.07, 6.45) is 0. The summed E-state index contributed by atoms with van der Waals surface area (Å²) in [6, 6.07) is 53.0. The van der Waals surface area contributed by atoms with E-state index in [0.717, 1.165) is 32.1 Å². The standard InChI is InChI=1S/C32H27N3P2S/c1-6-16-27(17-7-1)26-38-32-33-36(28-18-8-2-9-19-28,29-20-10-3-11-21-29)35-37(34-32,30-22-12-4-13-23-30)31-24-14-5-15-25-31/h1-25H,26H2. The molecule has 5 aromatic carbocycles. The Balaban J connectivity index is 1.69. The molecule has 1 heterocycles. The van der Waals surface area contributed by atoms with Crippen molar-refractivity contribution in [3.05, 3.63) is 157 Å². The fraction of sp³-hybridized carbons (Fsp3) is 0.0312. The van der Waals surface area contributed by atoms with Crippen LogP contribution >= 0.6 is 26.2 Å². The van der Waals surface area contributed by atoms with Gasteiger partial charge in [0.25, 0.3) is 0 Å². The Morgan fingerprint density at radius 3 is 1.24 bits per heavy atom. The van der Waals surface area contributed by atoms with E-state index in [-0.39, 0.29) is 0 Å². The SMILES string of the molecule is c1ccc(CSC2=NP(c3ccccc3)(c3ccccc3)=NP(c3ccccc3)(c3ccccc3)=N2)cc1. The van der Waals surface area contributed by atoms with Crippen LogP contribution in [-0.2, 0) is 5.75 Å². The molecule has 0 aromatic heterocycles. The molecule has 0 fully saturated rings. The third-order valence-electron chi connectivity index (χ3n) is 6.40. The summed E-state index contributed by atoms with van der Waals surface area (Å²) in [7, 11) is -5.15. The Morgan fingerprint density at radius 2 is 0.816 bits per heavy atom. The van der Waals surface area contributed by atoms with Gasteiger partial charge in [0, 0.05) is 27.0 Å². The normalized spacial score (nSPS) is 15.5. The quantitative estimate of drug-likeness (QED) is 0.200. The van der Waals surface area contributed by atoms with Crippen LogP contribution in [0.5, 0.6) is 0 Å². The van der Waals surface area contributed by atoms with Crippen LogP contribution in [0.1, 0.15) is 5.56 Å². The molecule has 0 saturated heterocycles. The fourth-order valence-corrected chi connectivity index (χ4v) is 13.7. The second kappa shape index (κ2) is 11.1. The third kappa shape index (κ3) is 4.88. The molecule has 0 N–H and O–H groups in total. The van der Waals surface area contributed by atoms with Gasteiger partial charge in [-0.15, -0.1) is 0 Å². The molecular formula is C32H27N3P2S. The predicted molar refractivity (Wildman–Crippen MR) is 168 cm³/mol. The fourth-order valence-electron chi connectivity index (χ4n) is 4.55. The molecule has 5 aromatic rings. The Morgan fingerprint density at radius 1 is 0.447 bits per heavy atom. The number of rotatable bonds is 6. The highest BCUT2D eigenvalue weighted by atomic mass is 32.2. The molecule has 0 aliphatic carbocycles. The summed E-state index contributed by atoms with van der Waals surface area (Å²) in [4.78, 5) is 0. The van der Waals surface area contributed by atoms with Gasteiger partial charge >= 0.3 is 0 Å². The Hall–Kier alpha value is -3.42. The predicted octanol–water partition coefficient (Wildman–Crippen LogP) is 7.82. The maximum absolute atomic E-state index is 5.89. The van der Waals surface area contributed by atoms with Crippen LogP contribution in [0, 0.1) is 0 Å². The largest absolute Gasteiger partial charge is 0.223 e. The first-order chi connectivity index (χ1) is 18.8. The minimum Gasteiger partial charge on any atom is -0.223 e. The van der Waals surface area contributed by atoms with Gasteiger partial charge in [-0.3, -0.25) is 0 Å². The summed E-state index contributed by atoms with van der Waals surface area (Å²) < 4.78 is 16.9. The first-order valence-corrected chi connectivity index (χ1v) is 16.9. The molecule has 1 aliphatic rings. The Kier molecular flexibility index (Phi) is 7.29. The summed E-state index contributed by atoms with van der Waals surface area (Å²) in [5, 5.41) is 5.42. The van der Waals surface area contributed by atoms with Crippen LogP contribution in [-0.4, -0.2) is 5.17 Å². The van der Waals surface area contributed by atoms with Gasteiger partial charge < -0.3 is 0 Å². The lowest BCUT2D eigenvalue weighted by atomic mass is 10.2. The highest BCUT2D eigenvalue weighted by molar-refractivity contribution is 8.14. The van der Waals surface area contributed by atoms with Crippen molar-refractivity contribution in [2.45, 2.75) is 5.75 Å². The van der Waals surface area contributed by atoms with Crippen molar-refractivity contribution in [3.63, 3.8) is 0 Å². The van der Waals surface area contributed by atoms with E-state index in [1.54, 1.807) is 11.8 Å². The second-order valence-corrected chi connectivity index (χ2v) is 15.4. The number of nitrogens with zero attached hydrogens (tertiary/aromatic N) is 3. The molecule has 0 radical (unpaired) electrons. The first-order valence-electron chi connectivity index (χ1n) is 12.5. The van der Waals surface area contributed by atoms with Gasteiger partial charge in [-0.25, -0.2) is 14.0 Å². The molecule has 0 spiro atoms.